The van der Waals surface area contributed by atoms with Crippen LogP contribution in [-0.2, 0) is 23.1 Å². The van der Waals surface area contributed by atoms with Crippen LogP contribution < -0.4 is 4.74 Å². The number of pyridine rings is 1. The van der Waals surface area contributed by atoms with E-state index in [0.29, 0.717) is 34.5 Å². The lowest BCUT2D eigenvalue weighted by atomic mass is 10.1. The predicted octanol–water partition coefficient (Wildman–Crippen LogP) is 5.81. The zero-order valence-corrected chi connectivity index (χ0v) is 22.4. The van der Waals surface area contributed by atoms with Gasteiger partial charge in [0.1, 0.15) is 16.1 Å². The number of piperidine rings is 1. The Balaban J connectivity index is 1.11. The molecule has 1 fully saturated rings. The van der Waals surface area contributed by atoms with Crippen molar-refractivity contribution in [1.82, 2.24) is 14.2 Å². The molecule has 2 aromatic carbocycles. The monoisotopic (exact) mass is 541 g/mol. The van der Waals surface area contributed by atoms with E-state index in [1.165, 1.54) is 15.4 Å². The summed E-state index contributed by atoms with van der Waals surface area (Å²) in [6.07, 6.45) is 3.13. The molecule has 1 aliphatic rings. The van der Waals surface area contributed by atoms with Gasteiger partial charge in [-0.15, -0.1) is 11.3 Å². The lowest BCUT2D eigenvalue weighted by molar-refractivity contribution is 0.135. The predicted molar refractivity (Wildman–Crippen MR) is 145 cm³/mol. The number of benzene rings is 2. The van der Waals surface area contributed by atoms with Gasteiger partial charge in [0.15, 0.2) is 0 Å². The van der Waals surface area contributed by atoms with Crippen LogP contribution in [0.2, 0.25) is 4.34 Å². The van der Waals surface area contributed by atoms with Gasteiger partial charge in [-0.1, -0.05) is 35.9 Å². The first-order valence-corrected chi connectivity index (χ1v) is 14.5. The summed E-state index contributed by atoms with van der Waals surface area (Å²) in [5.74, 6) is 0.815. The van der Waals surface area contributed by atoms with Gasteiger partial charge in [-0.2, -0.15) is 4.31 Å². The van der Waals surface area contributed by atoms with Crippen molar-refractivity contribution in [2.45, 2.75) is 36.2 Å². The molecule has 0 N–H and O–H groups in total. The molecule has 0 radical (unpaired) electrons. The van der Waals surface area contributed by atoms with E-state index < -0.39 is 10.0 Å². The van der Waals surface area contributed by atoms with Crippen molar-refractivity contribution < 1.29 is 13.2 Å². The Kier molecular flexibility index (Phi) is 7.60. The molecule has 1 aliphatic heterocycles. The molecule has 1 saturated heterocycles. The molecule has 6 nitrogen and oxygen atoms in total. The second-order valence-electron chi connectivity index (χ2n) is 9.13. The van der Waals surface area contributed by atoms with Crippen molar-refractivity contribution in [3.8, 4) is 5.75 Å². The number of hydrogen-bond acceptors (Lipinski definition) is 6. The first-order chi connectivity index (χ1) is 17.4. The lowest BCUT2D eigenvalue weighted by Crippen LogP contribution is -2.41. The van der Waals surface area contributed by atoms with E-state index in [0.717, 1.165) is 41.1 Å². The Morgan fingerprint density at radius 3 is 2.47 bits per heavy atom. The molecule has 4 aromatic rings. The maximum absolute atomic E-state index is 12.8. The van der Waals surface area contributed by atoms with Crippen LogP contribution in [0, 0.1) is 0 Å². The summed E-state index contributed by atoms with van der Waals surface area (Å²) >= 11 is 7.02. The van der Waals surface area contributed by atoms with E-state index in [2.05, 4.69) is 53.3 Å². The van der Waals surface area contributed by atoms with Crippen molar-refractivity contribution >= 4 is 43.9 Å². The Morgan fingerprint density at radius 1 is 1.03 bits per heavy atom. The van der Waals surface area contributed by atoms with E-state index in [1.54, 1.807) is 12.1 Å². The Hall–Kier alpha value is -2.49. The van der Waals surface area contributed by atoms with Crippen molar-refractivity contribution in [2.75, 3.05) is 20.1 Å². The van der Waals surface area contributed by atoms with Crippen LogP contribution in [-0.4, -0.2) is 48.8 Å². The number of sulfonamides is 1. The third-order valence-corrected chi connectivity index (χ3v) is 9.94. The highest BCUT2D eigenvalue weighted by Crippen LogP contribution is 2.30. The van der Waals surface area contributed by atoms with Crippen LogP contribution in [0.4, 0.5) is 0 Å². The van der Waals surface area contributed by atoms with Gasteiger partial charge in [0.2, 0.25) is 0 Å². The van der Waals surface area contributed by atoms with Gasteiger partial charge in [0, 0.05) is 37.8 Å². The van der Waals surface area contributed by atoms with Crippen molar-refractivity contribution in [2.24, 2.45) is 0 Å². The topological polar surface area (TPSA) is 62.7 Å². The van der Waals surface area contributed by atoms with Gasteiger partial charge in [-0.05, 0) is 73.5 Å². The highest BCUT2D eigenvalue weighted by molar-refractivity contribution is 7.91. The summed E-state index contributed by atoms with van der Waals surface area (Å²) in [5.41, 5.74) is 3.48. The number of hydrogen-bond donors (Lipinski definition) is 0. The molecule has 0 bridgehead atoms. The Bertz CT molecular complexity index is 1430. The maximum Gasteiger partial charge on any atom is 0.252 e. The van der Waals surface area contributed by atoms with Crippen LogP contribution in [0.5, 0.6) is 5.75 Å². The van der Waals surface area contributed by atoms with Crippen LogP contribution in [0.15, 0.2) is 77.1 Å². The van der Waals surface area contributed by atoms with Crippen LogP contribution in [0.1, 0.15) is 24.0 Å². The minimum atomic E-state index is -3.48. The van der Waals surface area contributed by atoms with Gasteiger partial charge < -0.3 is 4.74 Å². The van der Waals surface area contributed by atoms with Crippen molar-refractivity contribution in [3.63, 3.8) is 0 Å². The Labute approximate surface area is 221 Å². The summed E-state index contributed by atoms with van der Waals surface area (Å²) in [4.78, 5) is 6.67. The molecule has 0 saturated carbocycles. The van der Waals surface area contributed by atoms with Crippen LogP contribution >= 0.6 is 22.9 Å². The number of halogens is 1. The van der Waals surface area contributed by atoms with Gasteiger partial charge in [-0.25, -0.2) is 8.42 Å². The Morgan fingerprint density at radius 2 is 1.75 bits per heavy atom. The van der Waals surface area contributed by atoms with Gasteiger partial charge >= 0.3 is 0 Å². The fourth-order valence-electron chi connectivity index (χ4n) is 4.52. The van der Waals surface area contributed by atoms with Gasteiger partial charge in [-0.3, -0.25) is 9.88 Å². The zero-order chi connectivity index (χ0) is 25.1. The van der Waals surface area contributed by atoms with Crippen LogP contribution in [0.25, 0.3) is 10.9 Å². The molecule has 0 aliphatic carbocycles. The standard InChI is InChI=1S/C27H28ClN3O3S2/c1-30(19-21-6-9-25-22(17-21)3-2-14-29-25)18-20-4-7-23(8-5-20)34-24-12-15-31(16-13-24)36(32,33)27-11-10-26(28)35-27/h2-11,14,17,24H,12-13,15-16,18-19H2,1H3. The normalized spacial score (nSPS) is 15.5. The number of thiophene rings is 1. The summed E-state index contributed by atoms with van der Waals surface area (Å²) in [6, 6.07) is 21.8. The van der Waals surface area contributed by atoms with Gasteiger partial charge in [0.05, 0.1) is 9.85 Å². The average molecular weight is 542 g/mol. The number of ether oxygens (including phenoxy) is 1. The molecule has 0 unspecified atom stereocenters. The summed E-state index contributed by atoms with van der Waals surface area (Å²) < 4.78 is 34.1. The SMILES string of the molecule is CN(Cc1ccc(OC2CCN(S(=O)(=O)c3ccc(Cl)s3)CC2)cc1)Cc1ccc2ncccc2c1. The molecule has 36 heavy (non-hydrogen) atoms. The molecule has 5 rings (SSSR count). The number of aromatic nitrogens is 1. The van der Waals surface area contributed by atoms with Gasteiger partial charge in [0.25, 0.3) is 10.0 Å². The molecule has 0 amide bonds. The first-order valence-electron chi connectivity index (χ1n) is 11.9. The minimum Gasteiger partial charge on any atom is -0.490 e. The molecule has 0 atom stereocenters. The molecule has 3 heterocycles. The largest absolute Gasteiger partial charge is 0.490 e. The van der Waals surface area contributed by atoms with E-state index in [9.17, 15) is 8.42 Å². The molecular weight excluding hydrogens is 514 g/mol. The van der Waals surface area contributed by atoms with Crippen molar-refractivity contribution in [3.05, 3.63) is 88.4 Å². The molecule has 9 heteroatoms. The highest BCUT2D eigenvalue weighted by atomic mass is 35.5. The molecule has 2 aromatic heterocycles. The smallest absolute Gasteiger partial charge is 0.252 e. The van der Waals surface area contributed by atoms with E-state index >= 15 is 0 Å². The number of nitrogens with zero attached hydrogens (tertiary/aromatic N) is 3. The summed E-state index contributed by atoms with van der Waals surface area (Å²) in [7, 11) is -1.37. The molecule has 188 valence electrons. The maximum atomic E-state index is 12.8. The highest BCUT2D eigenvalue weighted by Gasteiger charge is 2.31. The number of rotatable bonds is 8. The van der Waals surface area contributed by atoms with E-state index in [1.807, 2.05) is 24.4 Å². The second-order valence-corrected chi connectivity index (χ2v) is 13.0. The molecular formula is C27H28ClN3O3S2. The summed E-state index contributed by atoms with van der Waals surface area (Å²) in [5, 5.41) is 1.16. The zero-order valence-electron chi connectivity index (χ0n) is 20.0. The third kappa shape index (κ3) is 5.90. The van der Waals surface area contributed by atoms with E-state index in [-0.39, 0.29) is 6.10 Å². The van der Waals surface area contributed by atoms with Crippen molar-refractivity contribution in [1.29, 1.82) is 0 Å². The molecule has 0 spiro atoms. The first kappa shape index (κ1) is 25.2. The lowest BCUT2D eigenvalue weighted by Gasteiger charge is -2.31. The van der Waals surface area contributed by atoms with Crippen LogP contribution in [0.3, 0.4) is 0 Å². The number of fused-ring (bicyclic) bond motifs is 1. The van der Waals surface area contributed by atoms with E-state index in [4.69, 9.17) is 16.3 Å². The fourth-order valence-corrected chi connectivity index (χ4v) is 7.63. The minimum absolute atomic E-state index is 0.000657. The third-order valence-electron chi connectivity index (χ3n) is 6.34. The average Bonchev–Trinajstić information content (AvgIpc) is 3.33. The fraction of sp³-hybridized carbons (Fsp3) is 0.296. The quantitative estimate of drug-likeness (QED) is 0.281. The summed E-state index contributed by atoms with van der Waals surface area (Å²) in [6.45, 7) is 2.56. The second kappa shape index (κ2) is 10.9.